The van der Waals surface area contributed by atoms with Crippen molar-refractivity contribution in [2.75, 3.05) is 0 Å². The molecule has 0 rings (SSSR count). The summed E-state index contributed by atoms with van der Waals surface area (Å²) >= 11 is 0. The molecule has 0 saturated heterocycles. The van der Waals surface area contributed by atoms with E-state index in [1.807, 2.05) is 0 Å². The van der Waals surface area contributed by atoms with E-state index in [0.717, 1.165) is 0 Å². The Labute approximate surface area is 180 Å². The van der Waals surface area contributed by atoms with E-state index < -0.39 is 31.2 Å². The summed E-state index contributed by atoms with van der Waals surface area (Å²) in [7, 11) is -15.5. The SMILES string of the molecule is O=S(=O)([O-])[O-].O=S(=O)([O-])[O-].O=S(=O)([O-])[O-].[Pb+2].[Pb+2].[Sr+2]. The maximum absolute atomic E-state index is 8.52. The van der Waals surface area contributed by atoms with Crippen LogP contribution in [0.5, 0.6) is 0 Å². The first-order valence-corrected chi connectivity index (χ1v) is 6.00. The van der Waals surface area contributed by atoms with E-state index in [9.17, 15) is 0 Å². The summed E-state index contributed by atoms with van der Waals surface area (Å²) in [5.74, 6) is 0. The zero-order valence-electron chi connectivity index (χ0n) is 7.83. The van der Waals surface area contributed by atoms with Crippen LogP contribution in [0.3, 0.4) is 0 Å². The normalized spacial score (nSPS) is 9.67. The summed E-state index contributed by atoms with van der Waals surface area (Å²) in [6.45, 7) is 0. The zero-order valence-corrected chi connectivity index (χ0v) is 21.5. The topological polar surface area (TPSA) is 241 Å². The second-order valence-electron chi connectivity index (χ2n) is 1.22. The fraction of sp³-hybridized carbons (Fsp3) is 0. The van der Waals surface area contributed by atoms with Gasteiger partial charge in [0.1, 0.15) is 0 Å². The maximum atomic E-state index is 8.52. The summed E-state index contributed by atoms with van der Waals surface area (Å²) in [5, 5.41) is 0. The number of hydrogen-bond acceptors (Lipinski definition) is 12. The molecule has 0 aromatic heterocycles. The van der Waals surface area contributed by atoms with Crippen molar-refractivity contribution in [1.29, 1.82) is 0 Å². The second kappa shape index (κ2) is 16.3. The van der Waals surface area contributed by atoms with E-state index in [1.165, 1.54) is 0 Å². The molecule has 0 unspecified atom stereocenters. The molecule has 0 aromatic rings. The molecule has 0 aliphatic rings. The van der Waals surface area contributed by atoms with Gasteiger partial charge in [0.25, 0.3) is 0 Å². The third-order valence-electron chi connectivity index (χ3n) is 0. The van der Waals surface area contributed by atoms with Crippen LogP contribution in [-0.4, -0.2) is 153 Å². The van der Waals surface area contributed by atoms with E-state index in [4.69, 9.17) is 52.6 Å². The molecule has 0 aromatic carbocycles. The molecule has 4 radical (unpaired) electrons. The minimum atomic E-state index is -5.17. The van der Waals surface area contributed by atoms with Crippen molar-refractivity contribution in [3.05, 3.63) is 0 Å². The van der Waals surface area contributed by atoms with Crippen LogP contribution < -0.4 is 0 Å². The van der Waals surface area contributed by atoms with Gasteiger partial charge in [-0.25, -0.2) is 0 Å². The van der Waals surface area contributed by atoms with Crippen molar-refractivity contribution in [3.8, 4) is 0 Å². The first kappa shape index (κ1) is 37.3. The van der Waals surface area contributed by atoms with Gasteiger partial charge in [0.2, 0.25) is 0 Å². The van der Waals surface area contributed by atoms with Crippen LogP contribution in [0.2, 0.25) is 0 Å². The minimum absolute atomic E-state index is 0. The Balaban J connectivity index is -0.0000000277. The summed E-state index contributed by atoms with van der Waals surface area (Å²) < 4.78 is 102. The van der Waals surface area contributed by atoms with Gasteiger partial charge in [-0.3, -0.25) is 25.3 Å². The molecule has 0 aliphatic carbocycles. The average Bonchev–Trinajstić information content (AvgIpc) is 1.41. The Morgan fingerprint density at radius 1 is 0.444 bits per heavy atom. The van der Waals surface area contributed by atoms with Gasteiger partial charge in [0.15, 0.2) is 0 Å². The maximum Gasteiger partial charge on any atom is 2.00 e. The third kappa shape index (κ3) is 707. The smallest absolute Gasteiger partial charge is 0.759 e. The molecular weight excluding hydrogens is 790 g/mol. The molecule has 12 nitrogen and oxygen atoms in total. The van der Waals surface area contributed by atoms with Crippen molar-refractivity contribution in [2.24, 2.45) is 0 Å². The van der Waals surface area contributed by atoms with Crippen molar-refractivity contribution >= 4 is 131 Å². The fourth-order valence-corrected chi connectivity index (χ4v) is 0. The number of rotatable bonds is 0. The molecule has 0 atom stereocenters. The summed E-state index contributed by atoms with van der Waals surface area (Å²) in [6, 6.07) is 0. The summed E-state index contributed by atoms with van der Waals surface area (Å²) in [6.07, 6.45) is 0. The summed E-state index contributed by atoms with van der Waals surface area (Å²) in [5.41, 5.74) is 0. The zero-order chi connectivity index (χ0) is 13.5. The van der Waals surface area contributed by atoms with Gasteiger partial charge in [-0.05, 0) is 0 Å². The third-order valence-corrected chi connectivity index (χ3v) is 0. The van der Waals surface area contributed by atoms with E-state index in [2.05, 4.69) is 0 Å². The first-order chi connectivity index (χ1) is 6.00. The van der Waals surface area contributed by atoms with Crippen LogP contribution in [0.15, 0.2) is 0 Å². The molecule has 0 fully saturated rings. The molecule has 0 spiro atoms. The average molecular weight is 790 g/mol. The molecule has 0 heterocycles. The van der Waals surface area contributed by atoms with Gasteiger partial charge in [0.05, 0.1) is 0 Å². The first-order valence-electron chi connectivity index (χ1n) is 2.00. The Morgan fingerprint density at radius 3 is 0.444 bits per heavy atom. The molecule has 0 saturated carbocycles. The van der Waals surface area contributed by atoms with Crippen LogP contribution in [0.4, 0.5) is 0 Å². The molecule has 18 heteroatoms. The fourth-order valence-electron chi connectivity index (χ4n) is 0. The molecule has 0 bridgehead atoms. The van der Waals surface area contributed by atoms with Gasteiger partial charge < -0.3 is 27.3 Å². The van der Waals surface area contributed by atoms with Crippen LogP contribution in [-0.2, 0) is 31.2 Å². The van der Waals surface area contributed by atoms with E-state index >= 15 is 0 Å². The van der Waals surface area contributed by atoms with Gasteiger partial charge in [0, 0.05) is 31.2 Å². The van der Waals surface area contributed by atoms with Crippen LogP contribution in [0, 0.1) is 0 Å². The van der Waals surface area contributed by atoms with Crippen molar-refractivity contribution in [2.45, 2.75) is 0 Å². The van der Waals surface area contributed by atoms with Gasteiger partial charge >= 0.3 is 100 Å². The molecule has 0 aliphatic heterocycles. The van der Waals surface area contributed by atoms with Crippen LogP contribution >= 0.6 is 0 Å². The summed E-state index contributed by atoms with van der Waals surface area (Å²) in [4.78, 5) is 0. The van der Waals surface area contributed by atoms with E-state index in [1.54, 1.807) is 0 Å². The minimum Gasteiger partial charge on any atom is -0.759 e. The van der Waals surface area contributed by atoms with E-state index in [-0.39, 0.29) is 100 Å². The largest absolute Gasteiger partial charge is 2.00 e. The second-order valence-corrected chi connectivity index (χ2v) is 3.67. The van der Waals surface area contributed by atoms with Crippen molar-refractivity contribution in [1.82, 2.24) is 0 Å². The van der Waals surface area contributed by atoms with Gasteiger partial charge in [-0.2, -0.15) is 0 Å². The Bertz CT molecular complexity index is 346. The van der Waals surface area contributed by atoms with Gasteiger partial charge in [-0.15, -0.1) is 0 Å². The Kier molecular flexibility index (Phi) is 33.8. The number of hydrogen-bond donors (Lipinski definition) is 0. The molecule has 18 heavy (non-hydrogen) atoms. The van der Waals surface area contributed by atoms with E-state index in [0.29, 0.717) is 0 Å². The predicted molar refractivity (Wildman–Crippen MR) is 48.7 cm³/mol. The quantitative estimate of drug-likeness (QED) is 0.127. The van der Waals surface area contributed by atoms with Crippen molar-refractivity contribution in [3.63, 3.8) is 0 Å². The standard InChI is InChI=1S/3H2O4S.2Pb.Sr/c3*1-5(2,3)4;;;/h3*(H2,1,2,3,4);;;/q;;;3*+2/p-6. The molecule has 100 valence electrons. The van der Waals surface area contributed by atoms with Crippen LogP contribution in [0.1, 0.15) is 0 Å². The molecule has 0 N–H and O–H groups in total. The van der Waals surface area contributed by atoms with Crippen molar-refractivity contribution < 1.29 is 52.6 Å². The predicted octanol–water partition coefficient (Wildman–Crippen LogP) is -5.16. The molecular formula is O12Pb2S3Sr. The van der Waals surface area contributed by atoms with Gasteiger partial charge in [-0.1, -0.05) is 0 Å². The Hall–Kier alpha value is 2.93. The molecule has 0 amide bonds. The Morgan fingerprint density at radius 2 is 0.444 bits per heavy atom. The monoisotopic (exact) mass is 792 g/mol. The van der Waals surface area contributed by atoms with Crippen LogP contribution in [0.25, 0.3) is 0 Å².